The first-order valence-corrected chi connectivity index (χ1v) is 9.97. The van der Waals surface area contributed by atoms with Crippen molar-refractivity contribution in [2.75, 3.05) is 11.9 Å². The van der Waals surface area contributed by atoms with Gasteiger partial charge in [-0.05, 0) is 42.5 Å². The molecule has 3 aromatic carbocycles. The van der Waals surface area contributed by atoms with Crippen molar-refractivity contribution in [2.45, 2.75) is 6.04 Å². The highest BCUT2D eigenvalue weighted by molar-refractivity contribution is 6.31. The molecule has 6 N–H and O–H groups in total. The number of halogens is 2. The Morgan fingerprint density at radius 1 is 0.933 bits per heavy atom. The Hall–Kier alpha value is -2.90. The van der Waals surface area contributed by atoms with E-state index in [-0.39, 0.29) is 24.4 Å². The fraction of sp³-hybridized carbons (Fsp3) is 0.0909. The van der Waals surface area contributed by atoms with Crippen LogP contribution in [0.5, 0.6) is 0 Å². The maximum atomic E-state index is 12.8. The van der Waals surface area contributed by atoms with Crippen LogP contribution in [-0.4, -0.2) is 18.4 Å². The van der Waals surface area contributed by atoms with E-state index in [1.165, 1.54) is 0 Å². The number of nitrogens with two attached hydrogens (primary N) is 2. The first kappa shape index (κ1) is 21.8. The summed E-state index contributed by atoms with van der Waals surface area (Å²) in [6, 6.07) is 21.2. The zero-order valence-corrected chi connectivity index (χ0v) is 17.5. The van der Waals surface area contributed by atoms with Gasteiger partial charge in [0.2, 0.25) is 0 Å². The molecule has 1 atom stereocenters. The molecule has 3 aromatic rings. The van der Waals surface area contributed by atoms with Crippen molar-refractivity contribution >= 4 is 40.7 Å². The molecule has 3 rings (SSSR count). The monoisotopic (exact) mass is 443 g/mol. The number of quaternary nitrogens is 1. The molecule has 6 nitrogen and oxygen atoms in total. The molecular weight excluding hydrogens is 423 g/mol. The van der Waals surface area contributed by atoms with Crippen LogP contribution in [0, 0.1) is 0 Å². The van der Waals surface area contributed by atoms with Gasteiger partial charge in [-0.2, -0.15) is 0 Å². The van der Waals surface area contributed by atoms with Crippen molar-refractivity contribution in [3.8, 4) is 0 Å². The minimum atomic E-state index is -0.315. The number of hydrazine groups is 1. The zero-order valence-electron chi connectivity index (χ0n) is 15.9. The summed E-state index contributed by atoms with van der Waals surface area (Å²) in [5.74, 6) is 4.63. The molecule has 0 saturated heterocycles. The van der Waals surface area contributed by atoms with Crippen LogP contribution in [0.15, 0.2) is 72.8 Å². The van der Waals surface area contributed by atoms with Crippen molar-refractivity contribution < 1.29 is 14.9 Å². The molecule has 8 heteroatoms. The van der Waals surface area contributed by atoms with Crippen LogP contribution in [0.4, 0.5) is 5.69 Å². The Kier molecular flexibility index (Phi) is 7.43. The molecule has 154 valence electrons. The van der Waals surface area contributed by atoms with Gasteiger partial charge < -0.3 is 10.6 Å². The third-order valence-corrected chi connectivity index (χ3v) is 5.05. The number of rotatable bonds is 7. The van der Waals surface area contributed by atoms with E-state index in [0.29, 0.717) is 21.3 Å². The van der Waals surface area contributed by atoms with Crippen molar-refractivity contribution in [1.29, 1.82) is 0 Å². The number of anilines is 1. The lowest BCUT2D eigenvalue weighted by molar-refractivity contribution is -0.676. The maximum absolute atomic E-state index is 12.8. The van der Waals surface area contributed by atoms with Gasteiger partial charge in [0.15, 0.2) is 6.54 Å². The van der Waals surface area contributed by atoms with Crippen molar-refractivity contribution in [3.05, 3.63) is 99.5 Å². The van der Waals surface area contributed by atoms with Crippen molar-refractivity contribution in [2.24, 2.45) is 5.84 Å². The molecule has 0 aromatic heterocycles. The first-order valence-electron chi connectivity index (χ1n) is 9.22. The largest absolute Gasteiger partial charge is 0.328 e. The summed E-state index contributed by atoms with van der Waals surface area (Å²) in [6.07, 6.45) is 0. The van der Waals surface area contributed by atoms with E-state index in [4.69, 9.17) is 29.0 Å². The Bertz CT molecular complexity index is 1030. The third-order valence-electron chi connectivity index (χ3n) is 4.56. The number of hydrogen-bond acceptors (Lipinski definition) is 3. The maximum Gasteiger partial charge on any atom is 0.288 e. The molecule has 30 heavy (non-hydrogen) atoms. The summed E-state index contributed by atoms with van der Waals surface area (Å²) in [7, 11) is 0. The van der Waals surface area contributed by atoms with E-state index in [0.717, 1.165) is 11.1 Å². The Morgan fingerprint density at radius 3 is 2.27 bits per heavy atom. The number of nitrogens with one attached hydrogen (secondary N) is 2. The van der Waals surface area contributed by atoms with Crippen LogP contribution in [0.25, 0.3) is 0 Å². The summed E-state index contributed by atoms with van der Waals surface area (Å²) in [5.41, 5.74) is 4.92. The van der Waals surface area contributed by atoms with E-state index in [2.05, 4.69) is 10.7 Å². The quantitative estimate of drug-likeness (QED) is 0.256. The molecule has 0 spiro atoms. The van der Waals surface area contributed by atoms with Gasteiger partial charge in [-0.25, -0.2) is 5.84 Å². The number of amides is 2. The predicted molar refractivity (Wildman–Crippen MR) is 118 cm³/mol. The third kappa shape index (κ3) is 5.58. The highest BCUT2D eigenvalue weighted by Gasteiger charge is 2.23. The molecule has 0 unspecified atom stereocenters. The minimum Gasteiger partial charge on any atom is -0.328 e. The molecule has 0 aliphatic rings. The molecule has 0 aliphatic heterocycles. The number of carbonyl (C=O) groups is 2. The molecule has 0 fully saturated rings. The average molecular weight is 444 g/mol. The van der Waals surface area contributed by atoms with Crippen LogP contribution in [-0.2, 0) is 4.79 Å². The van der Waals surface area contributed by atoms with Gasteiger partial charge >= 0.3 is 0 Å². The van der Waals surface area contributed by atoms with Gasteiger partial charge in [-0.3, -0.25) is 15.0 Å². The van der Waals surface area contributed by atoms with Gasteiger partial charge in [0, 0.05) is 26.7 Å². The van der Waals surface area contributed by atoms with E-state index in [9.17, 15) is 9.59 Å². The summed E-state index contributed by atoms with van der Waals surface area (Å²) >= 11 is 12.2. The van der Waals surface area contributed by atoms with Crippen LogP contribution in [0.3, 0.4) is 0 Å². The fourth-order valence-electron chi connectivity index (χ4n) is 3.09. The standard InChI is InChI=1S/C22H20Cl2N4O2/c23-16-8-6-15(7-9-16)22(30)27-19-11-10-17(24)12-18(19)21(26-13-20(29)28-25)14-4-2-1-3-5-14/h1-12,21,26H,13,25H2,(H,27,30)(H,28,29)/p+1/t21-/m0/s1. The van der Waals surface area contributed by atoms with E-state index in [1.807, 2.05) is 35.6 Å². The van der Waals surface area contributed by atoms with E-state index >= 15 is 0 Å². The van der Waals surface area contributed by atoms with E-state index in [1.54, 1.807) is 42.5 Å². The molecule has 0 aliphatic carbocycles. The smallest absolute Gasteiger partial charge is 0.288 e. The molecule has 2 amide bonds. The lowest BCUT2D eigenvalue weighted by atomic mass is 9.96. The van der Waals surface area contributed by atoms with Crippen molar-refractivity contribution in [1.82, 2.24) is 5.43 Å². The normalized spacial score (nSPS) is 11.6. The average Bonchev–Trinajstić information content (AvgIpc) is 2.76. The van der Waals surface area contributed by atoms with Crippen molar-refractivity contribution in [3.63, 3.8) is 0 Å². The van der Waals surface area contributed by atoms with Crippen LogP contribution in [0.1, 0.15) is 27.5 Å². The molecule has 0 bridgehead atoms. The second-order valence-corrected chi connectivity index (χ2v) is 7.46. The van der Waals surface area contributed by atoms with E-state index < -0.39 is 0 Å². The second kappa shape index (κ2) is 10.2. The highest BCUT2D eigenvalue weighted by Crippen LogP contribution is 2.29. The summed E-state index contributed by atoms with van der Waals surface area (Å²) < 4.78 is 0. The van der Waals surface area contributed by atoms with Gasteiger partial charge in [0.25, 0.3) is 11.8 Å². The fourth-order valence-corrected chi connectivity index (χ4v) is 3.39. The second-order valence-electron chi connectivity index (χ2n) is 6.59. The van der Waals surface area contributed by atoms with Gasteiger partial charge in [0.1, 0.15) is 6.04 Å². The Balaban J connectivity index is 1.96. The molecule has 0 radical (unpaired) electrons. The number of hydrogen-bond donors (Lipinski definition) is 4. The Labute approximate surface area is 184 Å². The van der Waals surface area contributed by atoms with Gasteiger partial charge in [0.05, 0.1) is 5.69 Å². The van der Waals surface area contributed by atoms with Crippen LogP contribution >= 0.6 is 23.2 Å². The highest BCUT2D eigenvalue weighted by atomic mass is 35.5. The van der Waals surface area contributed by atoms with Crippen LogP contribution < -0.4 is 21.9 Å². The summed E-state index contributed by atoms with van der Waals surface area (Å²) in [5, 5.41) is 5.85. The lowest BCUT2D eigenvalue weighted by Crippen LogP contribution is -2.88. The summed E-state index contributed by atoms with van der Waals surface area (Å²) in [6.45, 7) is 0.104. The molecule has 0 saturated carbocycles. The molecular formula is C22H21Cl2N4O2+. The first-order chi connectivity index (χ1) is 14.5. The van der Waals surface area contributed by atoms with Gasteiger partial charge in [-0.15, -0.1) is 0 Å². The minimum absolute atomic E-state index is 0.104. The molecule has 0 heterocycles. The Morgan fingerprint density at radius 2 is 1.60 bits per heavy atom. The summed E-state index contributed by atoms with van der Waals surface area (Å²) in [4.78, 5) is 24.5. The predicted octanol–water partition coefficient (Wildman–Crippen LogP) is 2.89. The van der Waals surface area contributed by atoms with Gasteiger partial charge in [-0.1, -0.05) is 53.5 Å². The zero-order chi connectivity index (χ0) is 21.5. The number of carbonyl (C=O) groups excluding carboxylic acids is 2. The SMILES string of the molecule is NNC(=O)C[NH2+][C@@H](c1ccccc1)c1cc(Cl)ccc1NC(=O)c1ccc(Cl)cc1. The number of benzene rings is 3. The van der Waals surface area contributed by atoms with Crippen LogP contribution in [0.2, 0.25) is 10.0 Å². The topological polar surface area (TPSA) is 101 Å². The lowest BCUT2D eigenvalue weighted by Gasteiger charge is -2.20.